The summed E-state index contributed by atoms with van der Waals surface area (Å²) < 4.78 is 26.1. The van der Waals surface area contributed by atoms with Crippen molar-refractivity contribution in [2.75, 3.05) is 12.3 Å². The number of anilines is 1. The Morgan fingerprint density at radius 2 is 2.06 bits per heavy atom. The molecule has 0 spiro atoms. The van der Waals surface area contributed by atoms with E-state index < -0.39 is 16.1 Å². The SMILES string of the molecule is CC(CO)NS(=O)(=O)c1c(N)cc(Cl)cc1Cl. The largest absolute Gasteiger partial charge is 0.398 e. The Bertz CT molecular complexity index is 496. The van der Waals surface area contributed by atoms with E-state index in [2.05, 4.69) is 4.72 Å². The first-order chi connectivity index (χ1) is 7.77. The van der Waals surface area contributed by atoms with Gasteiger partial charge in [-0.25, -0.2) is 13.1 Å². The van der Waals surface area contributed by atoms with Crippen molar-refractivity contribution in [3.8, 4) is 0 Å². The predicted molar refractivity (Wildman–Crippen MR) is 67.7 cm³/mol. The Morgan fingerprint density at radius 1 is 1.47 bits per heavy atom. The van der Waals surface area contributed by atoms with Crippen LogP contribution in [0.3, 0.4) is 0 Å². The van der Waals surface area contributed by atoms with E-state index in [9.17, 15) is 8.42 Å². The Morgan fingerprint density at radius 3 is 2.53 bits per heavy atom. The lowest BCUT2D eigenvalue weighted by Crippen LogP contribution is -2.35. The molecule has 1 aromatic rings. The molecule has 0 aliphatic carbocycles. The van der Waals surface area contributed by atoms with Crippen molar-refractivity contribution in [3.63, 3.8) is 0 Å². The summed E-state index contributed by atoms with van der Waals surface area (Å²) in [5.74, 6) is 0. The fraction of sp³-hybridized carbons (Fsp3) is 0.333. The lowest BCUT2D eigenvalue weighted by Gasteiger charge is -2.14. The Kier molecular flexibility index (Phi) is 4.62. The fourth-order valence-electron chi connectivity index (χ4n) is 1.22. The topological polar surface area (TPSA) is 92.4 Å². The van der Waals surface area contributed by atoms with Gasteiger partial charge in [-0.05, 0) is 19.1 Å². The molecule has 0 aliphatic rings. The van der Waals surface area contributed by atoms with Crippen molar-refractivity contribution in [2.45, 2.75) is 17.9 Å². The Balaban J connectivity index is 3.25. The summed E-state index contributed by atoms with van der Waals surface area (Å²) in [5.41, 5.74) is 5.53. The number of benzene rings is 1. The molecular weight excluding hydrogens is 287 g/mol. The van der Waals surface area contributed by atoms with E-state index in [-0.39, 0.29) is 27.2 Å². The number of hydrogen-bond donors (Lipinski definition) is 3. The molecule has 17 heavy (non-hydrogen) atoms. The van der Waals surface area contributed by atoms with E-state index in [1.54, 1.807) is 0 Å². The molecule has 4 N–H and O–H groups in total. The normalized spacial score (nSPS) is 13.6. The number of aliphatic hydroxyl groups is 1. The average molecular weight is 299 g/mol. The maximum Gasteiger partial charge on any atom is 0.244 e. The molecule has 0 aromatic heterocycles. The third-order valence-electron chi connectivity index (χ3n) is 1.94. The van der Waals surface area contributed by atoms with E-state index in [1.807, 2.05) is 0 Å². The van der Waals surface area contributed by atoms with Crippen LogP contribution in [0.5, 0.6) is 0 Å². The van der Waals surface area contributed by atoms with Crippen LogP contribution in [0.2, 0.25) is 10.0 Å². The molecular formula is C9H12Cl2N2O3S. The minimum absolute atomic E-state index is 0.0415. The van der Waals surface area contributed by atoms with Gasteiger partial charge in [0, 0.05) is 11.1 Å². The second-order valence-corrected chi connectivity index (χ2v) is 6.01. The molecule has 1 unspecified atom stereocenters. The summed E-state index contributed by atoms with van der Waals surface area (Å²) in [6, 6.07) is 1.95. The van der Waals surface area contributed by atoms with Gasteiger partial charge in [0.2, 0.25) is 10.0 Å². The van der Waals surface area contributed by atoms with Crippen LogP contribution in [0.1, 0.15) is 6.92 Å². The first kappa shape index (κ1) is 14.5. The quantitative estimate of drug-likeness (QED) is 0.729. The van der Waals surface area contributed by atoms with Crippen molar-refractivity contribution < 1.29 is 13.5 Å². The fourth-order valence-corrected chi connectivity index (χ4v) is 3.45. The number of rotatable bonds is 4. The predicted octanol–water partition coefficient (Wildman–Crippen LogP) is 1.23. The zero-order chi connectivity index (χ0) is 13.2. The van der Waals surface area contributed by atoms with Gasteiger partial charge in [0.15, 0.2) is 0 Å². The molecule has 96 valence electrons. The number of sulfonamides is 1. The van der Waals surface area contributed by atoms with Crippen LogP contribution in [0.4, 0.5) is 5.69 Å². The monoisotopic (exact) mass is 298 g/mol. The molecule has 0 bridgehead atoms. The summed E-state index contributed by atoms with van der Waals surface area (Å²) in [6.07, 6.45) is 0. The standard InChI is InChI=1S/C9H12Cl2N2O3S/c1-5(4-14)13-17(15,16)9-7(11)2-6(10)3-8(9)12/h2-3,5,13-14H,4,12H2,1H3. The van der Waals surface area contributed by atoms with Gasteiger partial charge in [0.1, 0.15) is 4.90 Å². The molecule has 0 saturated carbocycles. The van der Waals surface area contributed by atoms with E-state index in [0.717, 1.165) is 0 Å². The van der Waals surface area contributed by atoms with Crippen molar-refractivity contribution in [2.24, 2.45) is 0 Å². The minimum Gasteiger partial charge on any atom is -0.398 e. The maximum absolute atomic E-state index is 11.9. The van der Waals surface area contributed by atoms with Gasteiger partial charge >= 0.3 is 0 Å². The average Bonchev–Trinajstić information content (AvgIpc) is 2.14. The van der Waals surface area contributed by atoms with Crippen LogP contribution < -0.4 is 10.5 Å². The maximum atomic E-state index is 11.9. The highest BCUT2D eigenvalue weighted by Gasteiger charge is 2.23. The van der Waals surface area contributed by atoms with Gasteiger partial charge in [-0.1, -0.05) is 23.2 Å². The van der Waals surface area contributed by atoms with Crippen molar-refractivity contribution in [1.29, 1.82) is 0 Å². The third kappa shape index (κ3) is 3.46. The number of hydrogen-bond acceptors (Lipinski definition) is 4. The van der Waals surface area contributed by atoms with E-state index in [0.29, 0.717) is 0 Å². The second-order valence-electron chi connectivity index (χ2n) is 3.51. The number of aliphatic hydroxyl groups excluding tert-OH is 1. The summed E-state index contributed by atoms with van der Waals surface area (Å²) in [6.45, 7) is 1.18. The summed E-state index contributed by atoms with van der Waals surface area (Å²) >= 11 is 11.5. The minimum atomic E-state index is -3.88. The molecule has 1 rings (SSSR count). The van der Waals surface area contributed by atoms with Crippen LogP contribution in [0, 0.1) is 0 Å². The molecule has 0 fully saturated rings. The van der Waals surface area contributed by atoms with Crippen LogP contribution in [0.15, 0.2) is 17.0 Å². The van der Waals surface area contributed by atoms with Gasteiger partial charge in [0.05, 0.1) is 17.3 Å². The highest BCUT2D eigenvalue weighted by molar-refractivity contribution is 7.89. The molecule has 1 aromatic carbocycles. The molecule has 0 saturated heterocycles. The lowest BCUT2D eigenvalue weighted by atomic mass is 10.3. The zero-order valence-corrected chi connectivity index (χ0v) is 11.3. The number of halogens is 2. The molecule has 1 atom stereocenters. The van der Waals surface area contributed by atoms with Crippen LogP contribution in [0.25, 0.3) is 0 Å². The third-order valence-corrected chi connectivity index (χ3v) is 4.27. The molecule has 5 nitrogen and oxygen atoms in total. The summed E-state index contributed by atoms with van der Waals surface area (Å²) in [4.78, 5) is -0.233. The number of nitrogens with two attached hydrogens (primary N) is 1. The molecule has 8 heteroatoms. The van der Waals surface area contributed by atoms with E-state index in [1.165, 1.54) is 19.1 Å². The number of nitrogen functional groups attached to an aromatic ring is 1. The van der Waals surface area contributed by atoms with Crippen molar-refractivity contribution in [1.82, 2.24) is 4.72 Å². The van der Waals surface area contributed by atoms with Crippen LogP contribution >= 0.6 is 23.2 Å². The van der Waals surface area contributed by atoms with Gasteiger partial charge in [0.25, 0.3) is 0 Å². The van der Waals surface area contributed by atoms with Gasteiger partial charge in [-0.3, -0.25) is 0 Å². The highest BCUT2D eigenvalue weighted by atomic mass is 35.5. The van der Waals surface area contributed by atoms with Crippen molar-refractivity contribution >= 4 is 38.9 Å². The second kappa shape index (κ2) is 5.41. The van der Waals surface area contributed by atoms with Gasteiger partial charge in [-0.2, -0.15) is 0 Å². The first-order valence-electron chi connectivity index (χ1n) is 4.65. The van der Waals surface area contributed by atoms with Gasteiger partial charge in [-0.15, -0.1) is 0 Å². The molecule has 0 aliphatic heterocycles. The summed E-state index contributed by atoms with van der Waals surface area (Å²) in [7, 11) is -3.88. The van der Waals surface area contributed by atoms with E-state index >= 15 is 0 Å². The molecule has 0 radical (unpaired) electrons. The van der Waals surface area contributed by atoms with Gasteiger partial charge < -0.3 is 10.8 Å². The zero-order valence-electron chi connectivity index (χ0n) is 8.94. The molecule has 0 amide bonds. The molecule has 0 heterocycles. The highest BCUT2D eigenvalue weighted by Crippen LogP contribution is 2.31. The Hall–Kier alpha value is -0.530. The first-order valence-corrected chi connectivity index (χ1v) is 6.89. The van der Waals surface area contributed by atoms with Crippen molar-refractivity contribution in [3.05, 3.63) is 22.2 Å². The van der Waals surface area contributed by atoms with Crippen LogP contribution in [-0.2, 0) is 10.0 Å². The number of nitrogens with one attached hydrogen (secondary N) is 1. The summed E-state index contributed by atoms with van der Waals surface area (Å²) in [5, 5.41) is 9.00. The smallest absolute Gasteiger partial charge is 0.244 e. The Labute approximate surface area is 110 Å². The van der Waals surface area contributed by atoms with Crippen LogP contribution in [-0.4, -0.2) is 26.2 Å². The van der Waals surface area contributed by atoms with E-state index in [4.69, 9.17) is 34.0 Å². The lowest BCUT2D eigenvalue weighted by molar-refractivity contribution is 0.265.